The van der Waals surface area contributed by atoms with Gasteiger partial charge in [0.1, 0.15) is 18.3 Å². The molecule has 0 amide bonds. The molecule has 3 aromatic rings. The molecule has 166 valence electrons. The first kappa shape index (κ1) is 22.1. The molecule has 2 heterocycles. The number of amidine groups is 1. The van der Waals surface area contributed by atoms with Crippen LogP contribution in [0.5, 0.6) is 0 Å². The molecule has 0 saturated heterocycles. The van der Waals surface area contributed by atoms with Crippen LogP contribution in [0.15, 0.2) is 29.3 Å². The topological polar surface area (TPSA) is 256 Å². The fourth-order valence-corrected chi connectivity index (χ4v) is 2.75. The minimum Gasteiger partial charge on any atom is -0.383 e. The van der Waals surface area contributed by atoms with Gasteiger partial charge in [-0.25, -0.2) is 4.99 Å². The number of aromatic nitrogens is 6. The van der Waals surface area contributed by atoms with Gasteiger partial charge in [-0.2, -0.15) is 29.9 Å². The van der Waals surface area contributed by atoms with Crippen LogP contribution in [0, 0.1) is 5.41 Å². The summed E-state index contributed by atoms with van der Waals surface area (Å²) in [5.41, 5.74) is 30.2. The van der Waals surface area contributed by atoms with E-state index < -0.39 is 0 Å². The van der Waals surface area contributed by atoms with E-state index in [1.165, 1.54) is 0 Å². The Bertz CT molecular complexity index is 1080. The minimum atomic E-state index is 0.0107. The second-order valence-corrected chi connectivity index (χ2v) is 6.63. The zero-order valence-corrected chi connectivity index (χ0v) is 17.2. The maximum atomic E-state index is 8.29. The van der Waals surface area contributed by atoms with Gasteiger partial charge in [-0.1, -0.05) is 24.3 Å². The molecule has 0 aliphatic heterocycles. The van der Waals surface area contributed by atoms with Gasteiger partial charge in [-0.05, 0) is 18.4 Å². The Hall–Kier alpha value is -4.62. The number of nitrogens with one attached hydrogen (secondary N) is 2. The van der Waals surface area contributed by atoms with Gasteiger partial charge in [0.15, 0.2) is 0 Å². The maximum absolute atomic E-state index is 8.29. The second kappa shape index (κ2) is 9.92. The maximum Gasteiger partial charge on any atom is 0.230 e. The van der Waals surface area contributed by atoms with Crippen LogP contribution in [0.1, 0.15) is 29.8 Å². The van der Waals surface area contributed by atoms with E-state index in [4.69, 9.17) is 34.1 Å². The zero-order valence-electron chi connectivity index (χ0n) is 17.2. The lowest BCUT2D eigenvalue weighted by Crippen LogP contribution is -2.17. The first-order chi connectivity index (χ1) is 15.3. The summed E-state index contributed by atoms with van der Waals surface area (Å²) in [7, 11) is 0. The fourth-order valence-electron chi connectivity index (χ4n) is 2.75. The van der Waals surface area contributed by atoms with Crippen LogP contribution in [0.2, 0.25) is 0 Å². The summed E-state index contributed by atoms with van der Waals surface area (Å²) in [6.07, 6.45) is 1.75. The van der Waals surface area contributed by atoms with Gasteiger partial charge >= 0.3 is 0 Å². The van der Waals surface area contributed by atoms with Gasteiger partial charge in [0.2, 0.25) is 29.7 Å². The van der Waals surface area contributed by atoms with Gasteiger partial charge in [0.25, 0.3) is 0 Å². The van der Waals surface area contributed by atoms with Gasteiger partial charge < -0.3 is 39.4 Å². The second-order valence-electron chi connectivity index (χ2n) is 6.63. The van der Waals surface area contributed by atoms with Gasteiger partial charge in [-0.15, -0.1) is 0 Å². The summed E-state index contributed by atoms with van der Waals surface area (Å²) < 4.78 is 0. The van der Waals surface area contributed by atoms with E-state index in [9.17, 15) is 0 Å². The zero-order chi connectivity index (χ0) is 23.1. The quantitative estimate of drug-likeness (QED) is 0.166. The normalized spacial score (nSPS) is 11.3. The number of hydrogen-bond donors (Lipinski definition) is 7. The van der Waals surface area contributed by atoms with Gasteiger partial charge in [-0.3, -0.25) is 0 Å². The Kier molecular flexibility index (Phi) is 6.85. The van der Waals surface area contributed by atoms with Crippen LogP contribution in [0.3, 0.4) is 0 Å². The SMILES string of the molecule is N=C(CCCc1nc(N)nc(N)n1)c1ccc(C(N)=NCNc2nc(N)nc(N)n2)cc1. The number of nitrogens with two attached hydrogens (primary N) is 5. The van der Waals surface area contributed by atoms with Crippen molar-refractivity contribution in [3.63, 3.8) is 0 Å². The highest BCUT2D eigenvalue weighted by Crippen LogP contribution is 2.11. The Morgan fingerprint density at radius 3 is 1.94 bits per heavy atom. The van der Waals surface area contributed by atoms with Crippen molar-refractivity contribution in [1.82, 2.24) is 29.9 Å². The van der Waals surface area contributed by atoms with Crippen LogP contribution in [-0.2, 0) is 6.42 Å². The number of anilines is 5. The monoisotopic (exact) mass is 436 g/mol. The molecule has 0 saturated carbocycles. The molecule has 0 aliphatic rings. The summed E-state index contributed by atoms with van der Waals surface area (Å²) in [6, 6.07) is 7.24. The van der Waals surface area contributed by atoms with Gasteiger partial charge in [0.05, 0.1) is 0 Å². The van der Waals surface area contributed by atoms with Crippen molar-refractivity contribution >= 4 is 41.3 Å². The number of nitrogens with zero attached hydrogens (tertiary/aromatic N) is 7. The molecule has 0 spiro atoms. The van der Waals surface area contributed by atoms with Crippen molar-refractivity contribution in [3.05, 3.63) is 41.2 Å². The van der Waals surface area contributed by atoms with Crippen molar-refractivity contribution in [2.24, 2.45) is 10.7 Å². The molecule has 12 N–H and O–H groups in total. The lowest BCUT2D eigenvalue weighted by molar-refractivity contribution is 0.793. The number of aryl methyl sites for hydroxylation is 1. The minimum absolute atomic E-state index is 0.0107. The molecule has 0 aliphatic carbocycles. The first-order valence-electron chi connectivity index (χ1n) is 9.55. The number of rotatable bonds is 9. The summed E-state index contributed by atoms with van der Waals surface area (Å²) in [4.78, 5) is 27.5. The van der Waals surface area contributed by atoms with Crippen LogP contribution < -0.4 is 34.0 Å². The molecular formula is C18H24N14. The van der Waals surface area contributed by atoms with Crippen molar-refractivity contribution in [2.45, 2.75) is 19.3 Å². The Morgan fingerprint density at radius 2 is 1.34 bits per heavy atom. The molecule has 14 heteroatoms. The third-order valence-corrected chi connectivity index (χ3v) is 4.23. The predicted molar refractivity (Wildman–Crippen MR) is 123 cm³/mol. The number of hydrogen-bond acceptors (Lipinski definition) is 13. The van der Waals surface area contributed by atoms with Gasteiger partial charge in [0, 0.05) is 17.7 Å². The summed E-state index contributed by atoms with van der Waals surface area (Å²) in [5, 5.41) is 11.1. The third kappa shape index (κ3) is 6.19. The molecular weight excluding hydrogens is 412 g/mol. The highest BCUT2D eigenvalue weighted by atomic mass is 15.2. The molecule has 0 fully saturated rings. The molecule has 1 aromatic carbocycles. The molecule has 0 unspecified atom stereocenters. The van der Waals surface area contributed by atoms with E-state index in [0.29, 0.717) is 42.2 Å². The van der Waals surface area contributed by atoms with Crippen LogP contribution in [0.4, 0.5) is 29.7 Å². The number of benzene rings is 1. The number of aliphatic imine (C=N–C) groups is 1. The Balaban J connectivity index is 1.51. The van der Waals surface area contributed by atoms with Crippen molar-refractivity contribution in [2.75, 3.05) is 34.9 Å². The smallest absolute Gasteiger partial charge is 0.230 e. The van der Waals surface area contributed by atoms with E-state index in [0.717, 1.165) is 5.56 Å². The Morgan fingerprint density at radius 1 is 0.812 bits per heavy atom. The predicted octanol–water partition coefficient (Wildman–Crippen LogP) is -0.449. The lowest BCUT2D eigenvalue weighted by Gasteiger charge is -2.07. The van der Waals surface area contributed by atoms with Crippen LogP contribution in [0.25, 0.3) is 0 Å². The van der Waals surface area contributed by atoms with E-state index in [2.05, 4.69) is 40.2 Å². The average Bonchev–Trinajstić information content (AvgIpc) is 2.72. The molecule has 0 radical (unpaired) electrons. The standard InChI is InChI=1S/C18H24N14/c19-11(2-1-3-12-27-14(21)29-15(22)28-12)9-4-6-10(7-5-9)13(20)25-8-26-18-31-16(23)30-17(24)32-18/h4-7,19H,1-3,8H2,(H2,20,25)(H4,21,22,27,28,29)(H5,23,24,26,30,31,32). The molecule has 0 bridgehead atoms. The fraction of sp³-hybridized carbons (Fsp3) is 0.222. The van der Waals surface area contributed by atoms with Crippen molar-refractivity contribution < 1.29 is 0 Å². The Labute approximate surface area is 183 Å². The first-order valence-corrected chi connectivity index (χ1v) is 9.55. The molecule has 14 nitrogen and oxygen atoms in total. The van der Waals surface area contributed by atoms with Crippen molar-refractivity contribution in [3.8, 4) is 0 Å². The molecule has 3 rings (SSSR count). The van der Waals surface area contributed by atoms with E-state index in [-0.39, 0.29) is 36.4 Å². The third-order valence-electron chi connectivity index (χ3n) is 4.23. The summed E-state index contributed by atoms with van der Waals surface area (Å²) in [6.45, 7) is 0.123. The van der Waals surface area contributed by atoms with Crippen molar-refractivity contribution in [1.29, 1.82) is 5.41 Å². The van der Waals surface area contributed by atoms with Crippen LogP contribution >= 0.6 is 0 Å². The summed E-state index contributed by atoms with van der Waals surface area (Å²) >= 11 is 0. The number of nitrogen functional groups attached to an aromatic ring is 4. The average molecular weight is 436 g/mol. The largest absolute Gasteiger partial charge is 0.383 e. The van der Waals surface area contributed by atoms with E-state index in [1.807, 2.05) is 12.1 Å². The molecule has 0 atom stereocenters. The molecule has 32 heavy (non-hydrogen) atoms. The lowest BCUT2D eigenvalue weighted by atomic mass is 10.0. The van der Waals surface area contributed by atoms with Crippen LogP contribution in [-0.4, -0.2) is 48.1 Å². The van der Waals surface area contributed by atoms with E-state index in [1.54, 1.807) is 12.1 Å². The van der Waals surface area contributed by atoms with E-state index >= 15 is 0 Å². The molecule has 2 aromatic heterocycles. The highest BCUT2D eigenvalue weighted by Gasteiger charge is 2.07. The summed E-state index contributed by atoms with van der Waals surface area (Å²) in [5.74, 6) is 1.24. The highest BCUT2D eigenvalue weighted by molar-refractivity contribution is 6.01.